The van der Waals surface area contributed by atoms with Crippen LogP contribution < -0.4 is 20.2 Å². The number of pyridine rings is 1. The van der Waals surface area contributed by atoms with Crippen LogP contribution in [0.5, 0.6) is 11.5 Å². The van der Waals surface area contributed by atoms with Crippen LogP contribution in [0.25, 0.3) is 0 Å². The zero-order valence-electron chi connectivity index (χ0n) is 17.9. The molecule has 0 atom stereocenters. The third-order valence-corrected chi connectivity index (χ3v) is 5.62. The van der Waals surface area contributed by atoms with E-state index in [4.69, 9.17) is 9.47 Å². The maximum Gasteiger partial charge on any atom is 0.244 e. The van der Waals surface area contributed by atoms with Gasteiger partial charge in [-0.3, -0.25) is 9.59 Å². The number of thioether (sulfide) groups is 1. The van der Waals surface area contributed by atoms with E-state index in [1.807, 2.05) is 50.2 Å². The van der Waals surface area contributed by atoms with Crippen LogP contribution in [0, 0.1) is 6.92 Å². The zero-order chi connectivity index (χ0) is 22.2. The molecule has 1 heterocycles. The van der Waals surface area contributed by atoms with E-state index < -0.39 is 0 Å². The van der Waals surface area contributed by atoms with Crippen molar-refractivity contribution in [2.24, 2.45) is 0 Å². The average molecular weight is 439 g/mol. The van der Waals surface area contributed by atoms with Gasteiger partial charge < -0.3 is 19.4 Å². The predicted molar refractivity (Wildman–Crippen MR) is 124 cm³/mol. The number of anilines is 1. The lowest BCUT2D eigenvalue weighted by molar-refractivity contribution is -0.116. The molecule has 0 fully saturated rings. The van der Waals surface area contributed by atoms with E-state index in [0.717, 1.165) is 16.3 Å². The smallest absolute Gasteiger partial charge is 0.244 e. The molecule has 3 rings (SSSR count). The Morgan fingerprint density at radius 3 is 2.45 bits per heavy atom. The molecule has 1 amide bonds. The van der Waals surface area contributed by atoms with Crippen molar-refractivity contribution in [2.75, 3.05) is 19.0 Å². The highest BCUT2D eigenvalue weighted by molar-refractivity contribution is 7.98. The van der Waals surface area contributed by atoms with Crippen LogP contribution >= 0.6 is 11.8 Å². The molecule has 0 saturated heterocycles. The summed E-state index contributed by atoms with van der Waals surface area (Å²) in [6.45, 7) is 4.61. The molecule has 7 heteroatoms. The lowest BCUT2D eigenvalue weighted by Gasteiger charge is -2.15. The summed E-state index contributed by atoms with van der Waals surface area (Å²) in [5.74, 6) is 1.31. The molecular formula is C24H26N2O4S. The number of amides is 1. The lowest BCUT2D eigenvalue weighted by Crippen LogP contribution is -2.22. The van der Waals surface area contributed by atoms with Crippen LogP contribution in [0.4, 0.5) is 5.69 Å². The van der Waals surface area contributed by atoms with E-state index in [-0.39, 0.29) is 23.6 Å². The first-order valence-electron chi connectivity index (χ1n) is 9.98. The molecular weight excluding hydrogens is 412 g/mol. The molecule has 0 unspecified atom stereocenters. The topological polar surface area (TPSA) is 69.6 Å². The summed E-state index contributed by atoms with van der Waals surface area (Å²) < 4.78 is 12.3. The van der Waals surface area contributed by atoms with Crippen LogP contribution in [0.1, 0.15) is 18.2 Å². The van der Waals surface area contributed by atoms with Gasteiger partial charge in [0.25, 0.3) is 0 Å². The van der Waals surface area contributed by atoms with Crippen molar-refractivity contribution in [2.45, 2.75) is 31.0 Å². The Labute approximate surface area is 186 Å². The Bertz CT molecular complexity index is 1080. The molecule has 0 radical (unpaired) electrons. The minimum Gasteiger partial charge on any atom is -0.494 e. The van der Waals surface area contributed by atoms with Crippen LogP contribution in [0.15, 0.2) is 70.5 Å². The van der Waals surface area contributed by atoms with Crippen molar-refractivity contribution in [3.8, 4) is 11.5 Å². The van der Waals surface area contributed by atoms with E-state index >= 15 is 0 Å². The Hall–Kier alpha value is -3.19. The van der Waals surface area contributed by atoms with Gasteiger partial charge in [0, 0.05) is 28.1 Å². The van der Waals surface area contributed by atoms with E-state index in [1.165, 1.54) is 18.7 Å². The van der Waals surface area contributed by atoms with Gasteiger partial charge in [-0.2, -0.15) is 0 Å². The van der Waals surface area contributed by atoms with E-state index in [0.29, 0.717) is 18.0 Å². The number of aromatic nitrogens is 1. The monoisotopic (exact) mass is 438 g/mol. The summed E-state index contributed by atoms with van der Waals surface area (Å²) in [6, 6.07) is 16.9. The third-order valence-electron chi connectivity index (χ3n) is 4.57. The standard InChI is InChI=1S/C24H26N2O4S/c1-4-30-20-9-7-18(8-10-20)25-24(28)15-26-14-23(29-3)22(27)13-19(26)16-31-21-11-5-17(2)6-12-21/h5-14H,4,15-16H2,1-3H3,(H,25,28). The first-order valence-corrected chi connectivity index (χ1v) is 11.0. The van der Waals surface area contributed by atoms with Crippen LogP contribution in [0.3, 0.4) is 0 Å². The highest BCUT2D eigenvalue weighted by Gasteiger charge is 2.12. The van der Waals surface area contributed by atoms with Crippen molar-refractivity contribution in [1.29, 1.82) is 0 Å². The second kappa shape index (κ2) is 10.7. The number of methoxy groups -OCH3 is 1. The molecule has 0 aliphatic heterocycles. The Kier molecular flexibility index (Phi) is 7.78. The number of nitrogens with one attached hydrogen (secondary N) is 1. The molecule has 0 aliphatic carbocycles. The van der Waals surface area contributed by atoms with E-state index in [1.54, 1.807) is 34.7 Å². The molecule has 0 saturated carbocycles. The molecule has 1 N–H and O–H groups in total. The molecule has 0 spiro atoms. The Morgan fingerprint density at radius 1 is 1.10 bits per heavy atom. The quantitative estimate of drug-likeness (QED) is 0.499. The largest absolute Gasteiger partial charge is 0.494 e. The SMILES string of the molecule is CCOc1ccc(NC(=O)Cn2cc(OC)c(=O)cc2CSc2ccc(C)cc2)cc1. The predicted octanol–water partition coefficient (Wildman–Crippen LogP) is 4.50. The first-order chi connectivity index (χ1) is 15.0. The second-order valence-corrected chi connectivity index (χ2v) is 7.98. The summed E-state index contributed by atoms with van der Waals surface area (Å²) in [5.41, 5.74) is 2.41. The number of aryl methyl sites for hydroxylation is 1. The summed E-state index contributed by atoms with van der Waals surface area (Å²) in [6.07, 6.45) is 1.59. The van der Waals surface area contributed by atoms with Crippen molar-refractivity contribution in [3.63, 3.8) is 0 Å². The van der Waals surface area contributed by atoms with Crippen molar-refractivity contribution >= 4 is 23.4 Å². The Morgan fingerprint density at radius 2 is 1.81 bits per heavy atom. The minimum absolute atomic E-state index is 0.0631. The fraction of sp³-hybridized carbons (Fsp3) is 0.250. The fourth-order valence-corrected chi connectivity index (χ4v) is 3.86. The normalized spacial score (nSPS) is 10.5. The van der Waals surface area contributed by atoms with Crippen molar-refractivity contribution in [3.05, 3.63) is 82.3 Å². The maximum absolute atomic E-state index is 12.7. The number of nitrogens with zero attached hydrogens (tertiary/aromatic N) is 1. The summed E-state index contributed by atoms with van der Waals surface area (Å²) in [5, 5.41) is 2.88. The molecule has 3 aromatic rings. The van der Waals surface area contributed by atoms with Crippen LogP contribution in [0.2, 0.25) is 0 Å². The molecule has 6 nitrogen and oxygen atoms in total. The molecule has 2 aromatic carbocycles. The van der Waals surface area contributed by atoms with Crippen molar-refractivity contribution < 1.29 is 14.3 Å². The van der Waals surface area contributed by atoms with Gasteiger partial charge in [0.05, 0.1) is 19.9 Å². The van der Waals surface area contributed by atoms with E-state index in [2.05, 4.69) is 5.32 Å². The Balaban J connectivity index is 1.73. The summed E-state index contributed by atoms with van der Waals surface area (Å²) in [7, 11) is 1.45. The fourth-order valence-electron chi connectivity index (χ4n) is 2.97. The molecule has 31 heavy (non-hydrogen) atoms. The maximum atomic E-state index is 12.7. The third kappa shape index (κ3) is 6.39. The van der Waals surface area contributed by atoms with Crippen molar-refractivity contribution in [1.82, 2.24) is 4.57 Å². The van der Waals surface area contributed by atoms with Gasteiger partial charge in [0.15, 0.2) is 5.75 Å². The number of carbonyl (C=O) groups is 1. The van der Waals surface area contributed by atoms with Gasteiger partial charge in [0.1, 0.15) is 12.3 Å². The molecule has 162 valence electrons. The highest BCUT2D eigenvalue weighted by atomic mass is 32.2. The van der Waals surface area contributed by atoms with Gasteiger partial charge >= 0.3 is 0 Å². The van der Waals surface area contributed by atoms with Gasteiger partial charge in [-0.25, -0.2) is 0 Å². The highest BCUT2D eigenvalue weighted by Crippen LogP contribution is 2.23. The van der Waals surface area contributed by atoms with E-state index in [9.17, 15) is 9.59 Å². The molecule has 0 aliphatic rings. The van der Waals surface area contributed by atoms with Gasteiger partial charge in [-0.15, -0.1) is 11.8 Å². The number of benzene rings is 2. The second-order valence-electron chi connectivity index (χ2n) is 6.93. The van der Waals surface area contributed by atoms with Gasteiger partial charge in [-0.1, -0.05) is 17.7 Å². The number of rotatable bonds is 9. The average Bonchev–Trinajstić information content (AvgIpc) is 2.76. The van der Waals surface area contributed by atoms with Crippen LogP contribution in [-0.2, 0) is 17.1 Å². The summed E-state index contributed by atoms with van der Waals surface area (Å²) >= 11 is 1.61. The number of ether oxygens (including phenoxy) is 2. The molecule has 1 aromatic heterocycles. The number of hydrogen-bond donors (Lipinski definition) is 1. The van der Waals surface area contributed by atoms with Crippen LogP contribution in [-0.4, -0.2) is 24.2 Å². The number of hydrogen-bond acceptors (Lipinski definition) is 5. The summed E-state index contributed by atoms with van der Waals surface area (Å²) in [4.78, 5) is 26.0. The zero-order valence-corrected chi connectivity index (χ0v) is 18.7. The number of carbonyl (C=O) groups excluding carboxylic acids is 1. The minimum atomic E-state index is -0.204. The van der Waals surface area contributed by atoms with Gasteiger partial charge in [-0.05, 0) is 50.2 Å². The molecule has 0 bridgehead atoms. The first kappa shape index (κ1) is 22.5. The lowest BCUT2D eigenvalue weighted by atomic mass is 10.2. The van der Waals surface area contributed by atoms with Gasteiger partial charge in [0.2, 0.25) is 11.3 Å².